The zero-order chi connectivity index (χ0) is 40.7. The number of para-hydroxylation sites is 3. The van der Waals surface area contributed by atoms with Crippen molar-refractivity contribution in [2.45, 2.75) is 19.3 Å². The lowest BCUT2D eigenvalue weighted by atomic mass is 9.82. The summed E-state index contributed by atoms with van der Waals surface area (Å²) in [6, 6.07) is 65.4. The zero-order valence-electron chi connectivity index (χ0n) is 33.5. The van der Waals surface area contributed by atoms with Gasteiger partial charge >= 0.3 is 0 Å². The van der Waals surface area contributed by atoms with Crippen LogP contribution in [0.4, 0.5) is 0 Å². The molecule has 0 radical (unpaired) electrons. The number of nitrogens with zero attached hydrogens (tertiary/aromatic N) is 5. The highest BCUT2D eigenvalue weighted by Crippen LogP contribution is 2.52. The van der Waals surface area contributed by atoms with Crippen molar-refractivity contribution in [3.63, 3.8) is 0 Å². The number of furan rings is 1. The van der Waals surface area contributed by atoms with E-state index in [1.54, 1.807) is 0 Å². The molecule has 0 bridgehead atoms. The molecule has 3 heterocycles. The average molecular weight is 784 g/mol. The molecule has 0 unspecified atom stereocenters. The molecule has 11 aromatic rings. The van der Waals surface area contributed by atoms with E-state index < -0.39 is 0 Å². The van der Waals surface area contributed by atoms with Gasteiger partial charge in [0.05, 0.1) is 11.0 Å². The first-order chi connectivity index (χ1) is 30.0. The Labute approximate surface area is 352 Å². The highest BCUT2D eigenvalue weighted by Gasteiger charge is 2.36. The van der Waals surface area contributed by atoms with Gasteiger partial charge in [-0.05, 0) is 94.0 Å². The van der Waals surface area contributed by atoms with E-state index in [0.29, 0.717) is 17.5 Å². The minimum atomic E-state index is -0.0777. The molecule has 1 aliphatic carbocycles. The van der Waals surface area contributed by atoms with Gasteiger partial charge in [0.25, 0.3) is 0 Å². The quantitative estimate of drug-likeness (QED) is 0.168. The minimum absolute atomic E-state index is 0.0777. The van der Waals surface area contributed by atoms with Gasteiger partial charge in [-0.1, -0.05) is 141 Å². The standard InChI is InChI=1S/C55H37N5O/c1-55(2)44-23-10-9-21-41(44)50-40(22-14-24-45(50)55)35-27-29-48-42(32-35)43-33-37(28-30-49(43)61-48)53-58-51(34-15-5-3-6-16-34)57-52(59-53)36-17-13-18-38(31-36)54-56-46-25-11-12-26-47(46)60(54)39-19-7-4-8-20-39/h3-33H,1-2H3. The molecule has 6 heteroatoms. The molecule has 0 N–H and O–H groups in total. The number of hydrogen-bond donors (Lipinski definition) is 0. The number of fused-ring (bicyclic) bond motifs is 7. The van der Waals surface area contributed by atoms with Crippen molar-refractivity contribution in [3.05, 3.63) is 199 Å². The van der Waals surface area contributed by atoms with Crippen LogP contribution in [0, 0.1) is 0 Å². The Kier molecular flexibility index (Phi) is 7.78. The first-order valence-electron chi connectivity index (χ1n) is 20.6. The summed E-state index contributed by atoms with van der Waals surface area (Å²) in [5, 5.41) is 2.05. The molecule has 0 spiro atoms. The molecular formula is C55H37N5O. The highest BCUT2D eigenvalue weighted by molar-refractivity contribution is 6.08. The van der Waals surface area contributed by atoms with Crippen LogP contribution in [-0.2, 0) is 5.41 Å². The van der Waals surface area contributed by atoms with E-state index in [-0.39, 0.29) is 5.41 Å². The summed E-state index contributed by atoms with van der Waals surface area (Å²) in [5.41, 5.74) is 15.9. The molecule has 288 valence electrons. The number of aromatic nitrogens is 5. The SMILES string of the molecule is CC1(C)c2ccccc2-c2c(-c3ccc4oc5ccc(-c6nc(-c7ccccc7)nc(-c7cccc(-c8nc9ccccc9n8-c8ccccc8)c7)n6)cc5c4c3)cccc21. The van der Waals surface area contributed by atoms with Gasteiger partial charge in [0.15, 0.2) is 17.5 Å². The lowest BCUT2D eigenvalue weighted by Gasteiger charge is -2.21. The summed E-state index contributed by atoms with van der Waals surface area (Å²) >= 11 is 0. The third kappa shape index (κ3) is 5.64. The van der Waals surface area contributed by atoms with Crippen LogP contribution in [0.15, 0.2) is 192 Å². The van der Waals surface area contributed by atoms with Crippen molar-refractivity contribution in [2.24, 2.45) is 0 Å². The molecule has 1 aliphatic rings. The fourth-order valence-electron chi connectivity index (χ4n) is 9.29. The van der Waals surface area contributed by atoms with E-state index in [0.717, 1.165) is 72.3 Å². The molecular weight excluding hydrogens is 747 g/mol. The van der Waals surface area contributed by atoms with E-state index >= 15 is 0 Å². The third-order valence-electron chi connectivity index (χ3n) is 12.3. The summed E-state index contributed by atoms with van der Waals surface area (Å²) in [6.07, 6.45) is 0. The molecule has 0 amide bonds. The highest BCUT2D eigenvalue weighted by atomic mass is 16.3. The molecule has 3 aromatic heterocycles. The molecule has 12 rings (SSSR count). The van der Waals surface area contributed by atoms with E-state index in [1.807, 2.05) is 60.7 Å². The van der Waals surface area contributed by atoms with Crippen molar-refractivity contribution in [3.8, 4) is 73.5 Å². The van der Waals surface area contributed by atoms with Crippen LogP contribution in [0.3, 0.4) is 0 Å². The summed E-state index contributed by atoms with van der Waals surface area (Å²) in [4.78, 5) is 20.5. The Morgan fingerprint density at radius 1 is 0.426 bits per heavy atom. The second-order valence-corrected chi connectivity index (χ2v) is 16.3. The van der Waals surface area contributed by atoms with Gasteiger partial charge < -0.3 is 4.42 Å². The second kappa shape index (κ2) is 13.5. The molecule has 0 fully saturated rings. The summed E-state index contributed by atoms with van der Waals surface area (Å²) in [7, 11) is 0. The zero-order valence-corrected chi connectivity index (χ0v) is 33.5. The van der Waals surface area contributed by atoms with Gasteiger partial charge in [-0.3, -0.25) is 4.57 Å². The fraction of sp³-hybridized carbons (Fsp3) is 0.0545. The number of imidazole rings is 1. The van der Waals surface area contributed by atoms with Crippen LogP contribution in [0.1, 0.15) is 25.0 Å². The van der Waals surface area contributed by atoms with Gasteiger partial charge in [-0.2, -0.15) is 0 Å². The van der Waals surface area contributed by atoms with Gasteiger partial charge in [-0.15, -0.1) is 0 Å². The third-order valence-corrected chi connectivity index (χ3v) is 12.3. The van der Waals surface area contributed by atoms with Gasteiger partial charge in [-0.25, -0.2) is 19.9 Å². The van der Waals surface area contributed by atoms with Crippen molar-refractivity contribution in [2.75, 3.05) is 0 Å². The van der Waals surface area contributed by atoms with E-state index in [9.17, 15) is 0 Å². The topological polar surface area (TPSA) is 69.6 Å². The minimum Gasteiger partial charge on any atom is -0.456 e. The predicted octanol–water partition coefficient (Wildman–Crippen LogP) is 13.8. The molecule has 8 aromatic carbocycles. The van der Waals surface area contributed by atoms with Crippen LogP contribution in [0.5, 0.6) is 0 Å². The van der Waals surface area contributed by atoms with E-state index in [4.69, 9.17) is 24.4 Å². The maximum Gasteiger partial charge on any atom is 0.164 e. The van der Waals surface area contributed by atoms with Gasteiger partial charge in [0, 0.05) is 44.1 Å². The molecule has 0 atom stereocenters. The maximum atomic E-state index is 6.46. The molecule has 0 aliphatic heterocycles. The number of benzene rings is 8. The van der Waals surface area contributed by atoms with Gasteiger partial charge in [0.2, 0.25) is 0 Å². The van der Waals surface area contributed by atoms with Crippen LogP contribution >= 0.6 is 0 Å². The van der Waals surface area contributed by atoms with Crippen LogP contribution in [0.25, 0.3) is 106 Å². The summed E-state index contributed by atoms with van der Waals surface area (Å²) < 4.78 is 8.67. The largest absolute Gasteiger partial charge is 0.456 e. The first kappa shape index (κ1) is 35.0. The summed E-state index contributed by atoms with van der Waals surface area (Å²) in [5.74, 6) is 2.60. The lowest BCUT2D eigenvalue weighted by Crippen LogP contribution is -2.14. The lowest BCUT2D eigenvalue weighted by molar-refractivity contribution is 0.660. The van der Waals surface area contributed by atoms with Crippen molar-refractivity contribution >= 4 is 33.0 Å². The normalized spacial score (nSPS) is 12.9. The second-order valence-electron chi connectivity index (χ2n) is 16.3. The average Bonchev–Trinajstić information content (AvgIpc) is 3.97. The van der Waals surface area contributed by atoms with E-state index in [1.165, 1.54) is 27.8 Å². The van der Waals surface area contributed by atoms with E-state index in [2.05, 4.69) is 146 Å². The summed E-state index contributed by atoms with van der Waals surface area (Å²) in [6.45, 7) is 4.65. The maximum absolute atomic E-state index is 6.46. The molecule has 0 saturated carbocycles. The van der Waals surface area contributed by atoms with Crippen LogP contribution < -0.4 is 0 Å². The Balaban J connectivity index is 0.997. The molecule has 61 heavy (non-hydrogen) atoms. The Hall–Kier alpha value is -7.96. The molecule has 6 nitrogen and oxygen atoms in total. The van der Waals surface area contributed by atoms with Crippen molar-refractivity contribution in [1.29, 1.82) is 0 Å². The number of hydrogen-bond acceptors (Lipinski definition) is 5. The Bertz CT molecular complexity index is 3510. The fourth-order valence-corrected chi connectivity index (χ4v) is 9.29. The van der Waals surface area contributed by atoms with Crippen LogP contribution in [-0.4, -0.2) is 24.5 Å². The Morgan fingerprint density at radius 2 is 0.984 bits per heavy atom. The van der Waals surface area contributed by atoms with Crippen molar-refractivity contribution < 1.29 is 4.42 Å². The monoisotopic (exact) mass is 783 g/mol. The predicted molar refractivity (Wildman–Crippen MR) is 246 cm³/mol. The smallest absolute Gasteiger partial charge is 0.164 e. The number of rotatable bonds is 6. The van der Waals surface area contributed by atoms with Crippen molar-refractivity contribution in [1.82, 2.24) is 24.5 Å². The van der Waals surface area contributed by atoms with Crippen LogP contribution in [0.2, 0.25) is 0 Å². The first-order valence-corrected chi connectivity index (χ1v) is 20.6. The molecule has 0 saturated heterocycles. The Morgan fingerprint density at radius 3 is 1.77 bits per heavy atom. The van der Waals surface area contributed by atoms with Gasteiger partial charge in [0.1, 0.15) is 17.0 Å².